The number of hydrogen-bond donors (Lipinski definition) is 3. The molecule has 5 heterocycles. The SMILES string of the molecule is COc1cc(COc2cc(COc3cc(OCc4cc(OCc5cc(OC)cc(OC)c5)cc(OCc5cc(OC)cc(OC)c5)c4)cc(-c4c5nc(cc6ccc([nH]6)c(-c6ccc(CO)cc6)c6nc(cc7ccc4[nH]7)C=C6)C=C5)c3)cc(OCc3cc(OC)cc(OC)c3)c2)cc(OC)c1. The zero-order valence-corrected chi connectivity index (χ0v) is 57.7. The van der Waals surface area contributed by atoms with Crippen LogP contribution in [-0.4, -0.2) is 81.9 Å². The fraction of sp³-hybridized carbons (Fsp3) is 0.181. The summed E-state index contributed by atoms with van der Waals surface area (Å²) in [6.07, 6.45) is 8.04. The van der Waals surface area contributed by atoms with Crippen LogP contribution in [0.5, 0.6) is 80.5 Å². The first kappa shape index (κ1) is 68.1. The molecule has 0 saturated carbocycles. The molecule has 0 atom stereocenters. The van der Waals surface area contributed by atoms with Gasteiger partial charge in [0, 0.05) is 75.7 Å². The molecule has 19 nitrogen and oxygen atoms in total. The van der Waals surface area contributed by atoms with Crippen LogP contribution < -0.4 is 66.3 Å². The van der Waals surface area contributed by atoms with Gasteiger partial charge in [0.05, 0.1) is 86.3 Å². The maximum Gasteiger partial charge on any atom is 0.124 e. The highest BCUT2D eigenvalue weighted by molar-refractivity contribution is 5.93. The summed E-state index contributed by atoms with van der Waals surface area (Å²) in [4.78, 5) is 17.8. The highest BCUT2D eigenvalue weighted by atomic mass is 16.5. The van der Waals surface area contributed by atoms with Gasteiger partial charge >= 0.3 is 0 Å². The van der Waals surface area contributed by atoms with Gasteiger partial charge in [0.25, 0.3) is 0 Å². The van der Waals surface area contributed by atoms with E-state index in [2.05, 4.69) is 16.0 Å². The Hall–Kier alpha value is -12.5. The fourth-order valence-corrected chi connectivity index (χ4v) is 11.9. The van der Waals surface area contributed by atoms with Gasteiger partial charge in [-0.15, -0.1) is 0 Å². The van der Waals surface area contributed by atoms with Crippen LogP contribution >= 0.6 is 0 Å². The third-order valence-electron chi connectivity index (χ3n) is 16.9. The van der Waals surface area contributed by atoms with Crippen LogP contribution in [0.1, 0.15) is 61.7 Å². The van der Waals surface area contributed by atoms with Crippen LogP contribution in [0.4, 0.5) is 0 Å². The van der Waals surface area contributed by atoms with Gasteiger partial charge in [-0.2, -0.15) is 0 Å². The van der Waals surface area contributed by atoms with Gasteiger partial charge in [-0.1, -0.05) is 24.3 Å². The summed E-state index contributed by atoms with van der Waals surface area (Å²) < 4.78 is 84.9. The molecule has 0 unspecified atom stereocenters. The van der Waals surface area contributed by atoms with Gasteiger partial charge in [-0.3, -0.25) is 0 Å². The molecule has 3 aromatic heterocycles. The zero-order valence-electron chi connectivity index (χ0n) is 57.7. The Morgan fingerprint density at radius 3 is 0.814 bits per heavy atom. The number of methoxy groups -OCH3 is 8. The van der Waals surface area contributed by atoms with E-state index in [4.69, 9.17) is 76.3 Å². The van der Waals surface area contributed by atoms with Crippen molar-refractivity contribution in [1.82, 2.24) is 19.9 Å². The van der Waals surface area contributed by atoms with Gasteiger partial charge < -0.3 is 81.4 Å². The van der Waals surface area contributed by atoms with Crippen molar-refractivity contribution >= 4 is 46.4 Å². The number of fused-ring (bicyclic) bond motifs is 8. The first-order chi connectivity index (χ1) is 49.9. The average molecular weight is 1370 g/mol. The lowest BCUT2D eigenvalue weighted by Gasteiger charge is -2.17. The molecule has 0 spiro atoms. The highest BCUT2D eigenvalue weighted by Crippen LogP contribution is 2.39. The van der Waals surface area contributed by atoms with E-state index in [1.165, 1.54) is 0 Å². The van der Waals surface area contributed by atoms with Gasteiger partial charge in [-0.25, -0.2) is 9.97 Å². The van der Waals surface area contributed by atoms with E-state index in [-0.39, 0.29) is 46.2 Å². The van der Waals surface area contributed by atoms with Crippen molar-refractivity contribution in [3.05, 3.63) is 250 Å². The monoisotopic (exact) mass is 1370 g/mol. The Bertz CT molecular complexity index is 4650. The standard InChI is InChI=1S/C83H76N4O15/c1-89-64-21-52(22-65(37-64)90-2)45-97-72-29-56(30-73(41-72)98-46-53-23-66(91-3)38-67(24-53)92-4)49-101-76-33-59(83-80-19-15-62(86-80)35-60-13-17-78(84-60)82(58-11-9-51(44-88)10-12-58)79-18-14-61(85-79)36-63-16-20-81(83)87-63)34-77(43-76)102-50-57-31-74(99-47-54-25-68(93-5)39-69(26-54)94-6)42-75(32-57)100-48-55-27-70(95-7)40-71(28-55)96-8/h9-43,84,87-88H,44-50H2,1-8H3. The average Bonchev–Trinajstić information content (AvgIpc) is 1.63. The van der Waals surface area contributed by atoms with Gasteiger partial charge in [0.2, 0.25) is 0 Å². The lowest BCUT2D eigenvalue weighted by molar-refractivity contribution is 0.275. The van der Waals surface area contributed by atoms with Crippen LogP contribution in [0.15, 0.2) is 188 Å². The number of aliphatic hydroxyl groups excluding tert-OH is 1. The minimum Gasteiger partial charge on any atom is -0.497 e. The van der Waals surface area contributed by atoms with Crippen LogP contribution in [-0.2, 0) is 46.2 Å². The molecule has 0 saturated heterocycles. The largest absolute Gasteiger partial charge is 0.497 e. The first-order valence-corrected chi connectivity index (χ1v) is 32.8. The third-order valence-corrected chi connectivity index (χ3v) is 16.9. The fourth-order valence-electron chi connectivity index (χ4n) is 11.9. The Morgan fingerprint density at radius 1 is 0.265 bits per heavy atom. The van der Waals surface area contributed by atoms with Gasteiger partial charge in [0.15, 0.2) is 0 Å². The molecule has 0 fully saturated rings. The summed E-state index contributed by atoms with van der Waals surface area (Å²) in [5.74, 6) is 8.13. The second-order valence-electron chi connectivity index (χ2n) is 24.0. The van der Waals surface area contributed by atoms with Crippen LogP contribution in [0.3, 0.4) is 0 Å². The molecule has 13 rings (SSSR count). The molecular formula is C83H76N4O15. The number of aromatic amines is 2. The number of ether oxygens (including phenoxy) is 14. The maximum atomic E-state index is 9.89. The number of nitrogens with zero attached hydrogens (tertiary/aromatic N) is 2. The predicted molar refractivity (Wildman–Crippen MR) is 393 cm³/mol. The Balaban J connectivity index is 0.900. The van der Waals surface area contributed by atoms with Crippen LogP contribution in [0, 0.1) is 0 Å². The second kappa shape index (κ2) is 31.6. The molecule has 0 radical (unpaired) electrons. The molecule has 0 aliphatic carbocycles. The van der Waals surface area contributed by atoms with Crippen molar-refractivity contribution in [2.24, 2.45) is 0 Å². The van der Waals surface area contributed by atoms with Crippen molar-refractivity contribution < 1.29 is 71.4 Å². The van der Waals surface area contributed by atoms with Crippen molar-refractivity contribution in [1.29, 1.82) is 0 Å². The van der Waals surface area contributed by atoms with Crippen molar-refractivity contribution in [3.63, 3.8) is 0 Å². The highest BCUT2D eigenvalue weighted by Gasteiger charge is 2.19. The first-order valence-electron chi connectivity index (χ1n) is 32.8. The number of hydrogen-bond acceptors (Lipinski definition) is 17. The normalized spacial score (nSPS) is 11.4. The van der Waals surface area contributed by atoms with Crippen LogP contribution in [0.25, 0.3) is 68.6 Å². The Labute approximate surface area is 590 Å². The molecule has 102 heavy (non-hydrogen) atoms. The number of H-pyrrole nitrogens is 2. The van der Waals surface area contributed by atoms with E-state index in [1.807, 2.05) is 206 Å². The maximum absolute atomic E-state index is 9.89. The molecule has 19 heteroatoms. The topological polar surface area (TPSA) is 207 Å². The summed E-state index contributed by atoms with van der Waals surface area (Å²) in [7, 11) is 12.9. The molecular weight excluding hydrogens is 1290 g/mol. The molecule has 8 aromatic carbocycles. The lowest BCUT2D eigenvalue weighted by atomic mass is 10.0. The lowest BCUT2D eigenvalue weighted by Crippen LogP contribution is -2.03. The summed E-state index contributed by atoms with van der Waals surface area (Å²) in [5.41, 5.74) is 15.2. The van der Waals surface area contributed by atoms with Gasteiger partial charge in [0.1, 0.15) is 120 Å². The molecule has 2 aliphatic heterocycles. The quantitative estimate of drug-likeness (QED) is 0.0398. The zero-order chi connectivity index (χ0) is 70.5. The Kier molecular flexibility index (Phi) is 21.1. The number of aromatic nitrogens is 4. The number of aliphatic hydroxyl groups is 1. The third kappa shape index (κ3) is 16.8. The van der Waals surface area contributed by atoms with E-state index < -0.39 is 0 Å². The molecule has 2 aliphatic rings. The number of nitrogens with one attached hydrogen (secondary N) is 2. The minimum absolute atomic E-state index is 0.0553. The summed E-state index contributed by atoms with van der Waals surface area (Å²) in [5, 5.41) is 9.89. The van der Waals surface area contributed by atoms with Crippen LogP contribution in [0.2, 0.25) is 0 Å². The molecule has 8 bridgehead atoms. The number of rotatable bonds is 29. The molecule has 3 N–H and O–H groups in total. The van der Waals surface area contributed by atoms with E-state index in [9.17, 15) is 5.11 Å². The molecule has 0 amide bonds. The second-order valence-corrected chi connectivity index (χ2v) is 24.0. The van der Waals surface area contributed by atoms with Crippen molar-refractivity contribution in [2.75, 3.05) is 56.9 Å². The summed E-state index contributed by atoms with van der Waals surface area (Å²) in [6.45, 7) is 0.838. The van der Waals surface area contributed by atoms with E-state index in [0.717, 1.165) is 100 Å². The minimum atomic E-state index is -0.0553. The number of benzene rings is 8. The summed E-state index contributed by atoms with van der Waals surface area (Å²) >= 11 is 0. The van der Waals surface area contributed by atoms with E-state index in [1.54, 1.807) is 56.9 Å². The summed E-state index contributed by atoms with van der Waals surface area (Å²) in [6, 6.07) is 59.8. The Morgan fingerprint density at radius 2 is 0.529 bits per heavy atom. The smallest absolute Gasteiger partial charge is 0.124 e. The molecule has 518 valence electrons. The van der Waals surface area contributed by atoms with Gasteiger partial charge in [-0.05, 0) is 196 Å². The van der Waals surface area contributed by atoms with E-state index >= 15 is 0 Å². The predicted octanol–water partition coefficient (Wildman–Crippen LogP) is 17.0. The van der Waals surface area contributed by atoms with Crippen molar-refractivity contribution in [2.45, 2.75) is 46.2 Å². The molecule has 11 aromatic rings. The van der Waals surface area contributed by atoms with E-state index in [0.29, 0.717) is 86.2 Å². The van der Waals surface area contributed by atoms with Crippen molar-refractivity contribution in [3.8, 4) is 103 Å².